The molecule has 0 heterocycles. The average Bonchev–Trinajstić information content (AvgIpc) is 2.15. The number of hydrogen-bond donors (Lipinski definition) is 0. The Bertz CT molecular complexity index is 488. The lowest BCUT2D eigenvalue weighted by atomic mass is 10.1. The number of rotatable bonds is 3. The van der Waals surface area contributed by atoms with Gasteiger partial charge in [0.25, 0.3) is 0 Å². The van der Waals surface area contributed by atoms with Crippen LogP contribution in [0.3, 0.4) is 0 Å². The molecule has 1 rings (SSSR count). The third kappa shape index (κ3) is 2.56. The molecule has 0 saturated heterocycles. The van der Waals surface area contributed by atoms with Gasteiger partial charge in [-0.1, -0.05) is 0 Å². The molecule has 0 saturated carbocycles. The normalized spacial score (nSPS) is 11.1. The van der Waals surface area contributed by atoms with Crippen LogP contribution in [-0.4, -0.2) is 27.6 Å². The van der Waals surface area contributed by atoms with Crippen molar-refractivity contribution in [1.82, 2.24) is 0 Å². The molecule has 0 amide bonds. The molecule has 4 nitrogen and oxygen atoms in total. The van der Waals surface area contributed by atoms with E-state index < -0.39 is 9.84 Å². The minimum Gasteiger partial charge on any atom is -0.497 e. The van der Waals surface area contributed by atoms with Crippen LogP contribution in [0.2, 0.25) is 0 Å². The molecule has 15 heavy (non-hydrogen) atoms. The highest BCUT2D eigenvalue weighted by atomic mass is 32.2. The molecule has 0 bridgehead atoms. The second-order valence-corrected chi connectivity index (χ2v) is 5.17. The van der Waals surface area contributed by atoms with E-state index in [9.17, 15) is 13.2 Å². The summed E-state index contributed by atoms with van der Waals surface area (Å²) in [7, 11) is -1.97. The van der Waals surface area contributed by atoms with Crippen molar-refractivity contribution >= 4 is 15.6 Å². The quantitative estimate of drug-likeness (QED) is 0.732. The van der Waals surface area contributed by atoms with Gasteiger partial charge in [-0.2, -0.15) is 0 Å². The first kappa shape index (κ1) is 11.7. The summed E-state index contributed by atoms with van der Waals surface area (Å²) >= 11 is 0. The van der Waals surface area contributed by atoms with E-state index in [2.05, 4.69) is 0 Å². The van der Waals surface area contributed by atoms with Crippen LogP contribution in [0.15, 0.2) is 23.1 Å². The van der Waals surface area contributed by atoms with E-state index in [1.807, 2.05) is 0 Å². The van der Waals surface area contributed by atoms with Gasteiger partial charge >= 0.3 is 0 Å². The van der Waals surface area contributed by atoms with E-state index >= 15 is 0 Å². The minimum atomic E-state index is -3.41. The number of methoxy groups -OCH3 is 1. The van der Waals surface area contributed by atoms with Crippen molar-refractivity contribution in [3.8, 4) is 5.75 Å². The summed E-state index contributed by atoms with van der Waals surface area (Å²) in [5.41, 5.74) is 0.193. The largest absolute Gasteiger partial charge is 0.497 e. The predicted octanol–water partition coefficient (Wildman–Crippen LogP) is 1.30. The molecule has 0 atom stereocenters. The SMILES string of the molecule is COc1ccc(C(C)=O)c(S(C)(=O)=O)c1. The van der Waals surface area contributed by atoms with Crippen molar-refractivity contribution in [3.63, 3.8) is 0 Å². The van der Waals surface area contributed by atoms with Gasteiger partial charge in [-0.3, -0.25) is 4.79 Å². The number of carbonyl (C=O) groups is 1. The Labute approximate surface area is 88.8 Å². The molecule has 0 aromatic heterocycles. The lowest BCUT2D eigenvalue weighted by Crippen LogP contribution is -2.06. The van der Waals surface area contributed by atoms with Crippen LogP contribution < -0.4 is 4.74 Å². The van der Waals surface area contributed by atoms with Crippen molar-refractivity contribution in [2.24, 2.45) is 0 Å². The minimum absolute atomic E-state index is 0.00866. The van der Waals surface area contributed by atoms with Crippen LogP contribution in [0, 0.1) is 0 Å². The summed E-state index contributed by atoms with van der Waals surface area (Å²) in [6.45, 7) is 1.33. The monoisotopic (exact) mass is 228 g/mol. The number of carbonyl (C=O) groups excluding carboxylic acids is 1. The first-order valence-corrected chi connectivity index (χ1v) is 6.14. The highest BCUT2D eigenvalue weighted by Crippen LogP contribution is 2.22. The Hall–Kier alpha value is -1.36. The predicted molar refractivity (Wildman–Crippen MR) is 56.1 cm³/mol. The van der Waals surface area contributed by atoms with Gasteiger partial charge in [0.15, 0.2) is 15.6 Å². The first-order chi connectivity index (χ1) is 6.86. The lowest BCUT2D eigenvalue weighted by molar-refractivity contribution is 0.101. The molecule has 0 aliphatic carbocycles. The molecule has 1 aromatic rings. The Morgan fingerprint density at radius 1 is 1.33 bits per heavy atom. The Morgan fingerprint density at radius 2 is 1.93 bits per heavy atom. The average molecular weight is 228 g/mol. The van der Waals surface area contributed by atoms with Crippen molar-refractivity contribution in [2.45, 2.75) is 11.8 Å². The van der Waals surface area contributed by atoms with E-state index in [0.29, 0.717) is 5.75 Å². The third-order valence-electron chi connectivity index (χ3n) is 1.97. The zero-order valence-corrected chi connectivity index (χ0v) is 9.59. The second-order valence-electron chi connectivity index (χ2n) is 3.19. The molecule has 0 aliphatic heterocycles. The Balaban J connectivity index is 3.50. The fraction of sp³-hybridized carbons (Fsp3) is 0.300. The fourth-order valence-electron chi connectivity index (χ4n) is 1.23. The van der Waals surface area contributed by atoms with Crippen molar-refractivity contribution < 1.29 is 17.9 Å². The van der Waals surface area contributed by atoms with Crippen molar-refractivity contribution in [1.29, 1.82) is 0 Å². The molecule has 0 aliphatic rings. The molecular weight excluding hydrogens is 216 g/mol. The van der Waals surface area contributed by atoms with Crippen molar-refractivity contribution in [2.75, 3.05) is 13.4 Å². The van der Waals surface area contributed by atoms with Crippen LogP contribution in [0.5, 0.6) is 5.75 Å². The summed E-state index contributed by atoms with van der Waals surface area (Å²) in [5.74, 6) is 0.138. The number of hydrogen-bond acceptors (Lipinski definition) is 4. The molecule has 0 fully saturated rings. The van der Waals surface area contributed by atoms with E-state index in [-0.39, 0.29) is 16.2 Å². The molecule has 1 aromatic carbocycles. The van der Waals surface area contributed by atoms with Crippen LogP contribution in [0.25, 0.3) is 0 Å². The molecule has 0 N–H and O–H groups in total. The fourth-order valence-corrected chi connectivity index (χ4v) is 2.17. The number of Topliss-reactive ketones (excluding diaryl/α,β-unsaturated/α-hetero) is 1. The lowest BCUT2D eigenvalue weighted by Gasteiger charge is -2.07. The molecular formula is C10H12O4S. The summed E-state index contributed by atoms with van der Waals surface area (Å²) in [6.07, 6.45) is 1.06. The van der Waals surface area contributed by atoms with Gasteiger partial charge in [-0.05, 0) is 25.1 Å². The maximum absolute atomic E-state index is 11.4. The summed E-state index contributed by atoms with van der Waals surface area (Å²) < 4.78 is 27.7. The summed E-state index contributed by atoms with van der Waals surface area (Å²) in [4.78, 5) is 11.2. The van der Waals surface area contributed by atoms with Gasteiger partial charge in [0.2, 0.25) is 0 Å². The van der Waals surface area contributed by atoms with E-state index in [0.717, 1.165) is 6.26 Å². The van der Waals surface area contributed by atoms with Gasteiger partial charge in [-0.15, -0.1) is 0 Å². The maximum atomic E-state index is 11.4. The summed E-state index contributed by atoms with van der Waals surface area (Å²) in [6, 6.07) is 4.37. The van der Waals surface area contributed by atoms with Crippen molar-refractivity contribution in [3.05, 3.63) is 23.8 Å². The highest BCUT2D eigenvalue weighted by molar-refractivity contribution is 7.90. The second kappa shape index (κ2) is 4.02. The Morgan fingerprint density at radius 3 is 2.33 bits per heavy atom. The maximum Gasteiger partial charge on any atom is 0.176 e. The number of sulfone groups is 1. The zero-order valence-electron chi connectivity index (χ0n) is 8.77. The summed E-state index contributed by atoms with van der Waals surface area (Å²) in [5, 5.41) is 0. The first-order valence-electron chi connectivity index (χ1n) is 4.25. The van der Waals surface area contributed by atoms with E-state index in [1.165, 1.54) is 26.2 Å². The smallest absolute Gasteiger partial charge is 0.176 e. The van der Waals surface area contributed by atoms with Gasteiger partial charge in [0.1, 0.15) is 5.75 Å². The van der Waals surface area contributed by atoms with Crippen LogP contribution >= 0.6 is 0 Å². The number of ketones is 1. The topological polar surface area (TPSA) is 60.4 Å². The molecule has 82 valence electrons. The number of ether oxygens (including phenoxy) is 1. The molecule has 5 heteroatoms. The van der Waals surface area contributed by atoms with Crippen LogP contribution in [0.4, 0.5) is 0 Å². The molecule has 0 spiro atoms. The van der Waals surface area contributed by atoms with E-state index in [1.54, 1.807) is 6.07 Å². The van der Waals surface area contributed by atoms with Crippen LogP contribution in [-0.2, 0) is 9.84 Å². The van der Waals surface area contributed by atoms with Gasteiger partial charge in [-0.25, -0.2) is 8.42 Å². The molecule has 0 unspecified atom stereocenters. The third-order valence-corrected chi connectivity index (χ3v) is 3.10. The zero-order chi connectivity index (χ0) is 11.6. The van der Waals surface area contributed by atoms with Gasteiger partial charge < -0.3 is 4.74 Å². The van der Waals surface area contributed by atoms with Crippen LogP contribution in [0.1, 0.15) is 17.3 Å². The standard InChI is InChI=1S/C10H12O4S/c1-7(11)9-5-4-8(14-2)6-10(9)15(3,12)13/h4-6H,1-3H3. The van der Waals surface area contributed by atoms with E-state index in [4.69, 9.17) is 4.74 Å². The van der Waals surface area contributed by atoms with Gasteiger partial charge in [0, 0.05) is 11.8 Å². The Kier molecular flexibility index (Phi) is 3.14. The van der Waals surface area contributed by atoms with Gasteiger partial charge in [0.05, 0.1) is 12.0 Å². The highest BCUT2D eigenvalue weighted by Gasteiger charge is 2.16. The molecule has 0 radical (unpaired) electrons. The number of benzene rings is 1.